The Bertz CT molecular complexity index is 1320. The summed E-state index contributed by atoms with van der Waals surface area (Å²) in [6.07, 6.45) is 3.39. The van der Waals surface area contributed by atoms with Crippen molar-refractivity contribution in [2.24, 2.45) is 0 Å². The normalized spacial score (nSPS) is 10.8. The molecule has 2 heterocycles. The molecule has 8 heteroatoms. The zero-order valence-corrected chi connectivity index (χ0v) is 18.4. The summed E-state index contributed by atoms with van der Waals surface area (Å²) in [5.74, 6) is 0.435. The molecule has 0 saturated heterocycles. The van der Waals surface area contributed by atoms with Gasteiger partial charge in [-0.1, -0.05) is 47.5 Å². The number of hydrogen-bond donors (Lipinski definition) is 1. The summed E-state index contributed by atoms with van der Waals surface area (Å²) in [5.41, 5.74) is 1.88. The van der Waals surface area contributed by atoms with E-state index in [0.29, 0.717) is 46.4 Å². The van der Waals surface area contributed by atoms with Gasteiger partial charge in [-0.2, -0.15) is 0 Å². The van der Waals surface area contributed by atoms with Gasteiger partial charge < -0.3 is 10.1 Å². The molecule has 0 fully saturated rings. The Morgan fingerprint density at radius 3 is 2.62 bits per heavy atom. The molecule has 0 bridgehead atoms. The van der Waals surface area contributed by atoms with E-state index >= 15 is 0 Å². The molecule has 0 radical (unpaired) electrons. The van der Waals surface area contributed by atoms with E-state index in [4.69, 9.17) is 27.9 Å². The Morgan fingerprint density at radius 2 is 1.84 bits per heavy atom. The molecule has 2 aromatic carbocycles. The Labute approximate surface area is 194 Å². The number of hydrogen-bond acceptors (Lipinski definition) is 4. The maximum Gasteiger partial charge on any atom is 0.261 e. The highest BCUT2D eigenvalue weighted by Gasteiger charge is 2.11. The highest BCUT2D eigenvalue weighted by molar-refractivity contribution is 6.42. The minimum absolute atomic E-state index is 0.247. The molecule has 162 valence electrons. The fourth-order valence-corrected chi connectivity index (χ4v) is 3.51. The first-order chi connectivity index (χ1) is 15.5. The first-order valence-corrected chi connectivity index (χ1v) is 10.7. The van der Waals surface area contributed by atoms with E-state index in [1.54, 1.807) is 30.5 Å². The van der Waals surface area contributed by atoms with Gasteiger partial charge in [-0.15, -0.1) is 0 Å². The average molecular weight is 468 g/mol. The van der Waals surface area contributed by atoms with Crippen LogP contribution < -0.4 is 15.6 Å². The fraction of sp³-hybridized carbons (Fsp3) is 0.125. The summed E-state index contributed by atoms with van der Waals surface area (Å²) >= 11 is 12.0. The van der Waals surface area contributed by atoms with Gasteiger partial charge >= 0.3 is 0 Å². The lowest BCUT2D eigenvalue weighted by molar-refractivity contribution is 0.0946. The standard InChI is InChI=1S/C24H19Cl2N3O3/c25-20-8-6-16(13-21(20)26)12-18-14-28-22-9-7-17(15-29(22)24(18)31)23(30)27-10-11-32-19-4-2-1-3-5-19/h1-9,13-15H,10-12H2,(H,27,30). The van der Waals surface area contributed by atoms with Gasteiger partial charge in [0.1, 0.15) is 18.0 Å². The highest BCUT2D eigenvalue weighted by Crippen LogP contribution is 2.23. The summed E-state index contributed by atoms with van der Waals surface area (Å²) in [6.45, 7) is 0.662. The number of nitrogens with one attached hydrogen (secondary N) is 1. The smallest absolute Gasteiger partial charge is 0.261 e. The van der Waals surface area contributed by atoms with Gasteiger partial charge in [-0.3, -0.25) is 14.0 Å². The minimum Gasteiger partial charge on any atom is -0.492 e. The summed E-state index contributed by atoms with van der Waals surface area (Å²) in [5, 5.41) is 3.67. The number of halogens is 2. The second-order valence-corrected chi connectivity index (χ2v) is 7.89. The van der Waals surface area contributed by atoms with E-state index in [9.17, 15) is 9.59 Å². The van der Waals surface area contributed by atoms with Crippen molar-refractivity contribution in [3.05, 3.63) is 110 Å². The molecule has 1 amide bonds. The van der Waals surface area contributed by atoms with Crippen molar-refractivity contribution in [2.45, 2.75) is 6.42 Å². The molecule has 32 heavy (non-hydrogen) atoms. The molecule has 0 aliphatic heterocycles. The van der Waals surface area contributed by atoms with E-state index < -0.39 is 0 Å². The Hall–Kier alpha value is -3.35. The molecule has 2 aromatic heterocycles. The highest BCUT2D eigenvalue weighted by atomic mass is 35.5. The van der Waals surface area contributed by atoms with Crippen LogP contribution in [-0.4, -0.2) is 28.4 Å². The number of ether oxygens (including phenoxy) is 1. The van der Waals surface area contributed by atoms with Gasteiger partial charge in [0.2, 0.25) is 0 Å². The molecule has 6 nitrogen and oxygen atoms in total. The Morgan fingerprint density at radius 1 is 1.03 bits per heavy atom. The molecule has 0 saturated carbocycles. The van der Waals surface area contributed by atoms with Gasteiger partial charge in [-0.05, 0) is 42.0 Å². The molecular formula is C24H19Cl2N3O3. The lowest BCUT2D eigenvalue weighted by atomic mass is 10.1. The van der Waals surface area contributed by atoms with E-state index in [1.807, 2.05) is 36.4 Å². The van der Waals surface area contributed by atoms with E-state index in [2.05, 4.69) is 10.3 Å². The molecule has 0 aliphatic rings. The molecule has 4 rings (SSSR count). The lowest BCUT2D eigenvalue weighted by Crippen LogP contribution is -2.29. The number of nitrogens with zero attached hydrogens (tertiary/aromatic N) is 2. The van der Waals surface area contributed by atoms with E-state index in [0.717, 1.165) is 11.3 Å². The predicted molar refractivity (Wildman–Crippen MR) is 125 cm³/mol. The number of para-hydroxylation sites is 1. The van der Waals surface area contributed by atoms with E-state index in [1.165, 1.54) is 10.6 Å². The third-order valence-electron chi connectivity index (χ3n) is 4.81. The quantitative estimate of drug-likeness (QED) is 0.408. The summed E-state index contributed by atoms with van der Waals surface area (Å²) in [7, 11) is 0. The first kappa shape index (κ1) is 21.9. The minimum atomic E-state index is -0.301. The SMILES string of the molecule is O=C(NCCOc1ccccc1)c1ccc2ncc(Cc3ccc(Cl)c(Cl)c3)c(=O)n2c1. The van der Waals surface area contributed by atoms with Crippen molar-refractivity contribution in [3.63, 3.8) is 0 Å². The number of benzene rings is 2. The van der Waals surface area contributed by atoms with Crippen molar-refractivity contribution in [1.82, 2.24) is 14.7 Å². The number of pyridine rings is 1. The van der Waals surface area contributed by atoms with E-state index in [-0.39, 0.29) is 11.5 Å². The van der Waals surface area contributed by atoms with Crippen LogP contribution in [0.4, 0.5) is 0 Å². The van der Waals surface area contributed by atoms with Gasteiger partial charge in [0, 0.05) is 24.4 Å². The van der Waals surface area contributed by atoms with Crippen LogP contribution >= 0.6 is 23.2 Å². The molecule has 4 aromatic rings. The summed E-state index contributed by atoms with van der Waals surface area (Å²) < 4.78 is 6.95. The van der Waals surface area contributed by atoms with Crippen LogP contribution in [0.2, 0.25) is 10.0 Å². The summed E-state index contributed by atoms with van der Waals surface area (Å²) in [4.78, 5) is 29.9. The number of fused-ring (bicyclic) bond motifs is 1. The largest absolute Gasteiger partial charge is 0.492 e. The number of carbonyl (C=O) groups excluding carboxylic acids is 1. The van der Waals surface area contributed by atoms with Crippen LogP contribution in [0.25, 0.3) is 5.65 Å². The predicted octanol–water partition coefficient (Wildman–Crippen LogP) is 4.40. The second kappa shape index (κ2) is 9.85. The van der Waals surface area contributed by atoms with Crippen LogP contribution in [0.15, 0.2) is 77.9 Å². The monoisotopic (exact) mass is 467 g/mol. The molecular weight excluding hydrogens is 449 g/mol. The van der Waals surface area contributed by atoms with Crippen molar-refractivity contribution < 1.29 is 9.53 Å². The lowest BCUT2D eigenvalue weighted by Gasteiger charge is -2.09. The van der Waals surface area contributed by atoms with Crippen LogP contribution in [0.3, 0.4) is 0 Å². The molecule has 0 unspecified atom stereocenters. The number of aromatic nitrogens is 2. The van der Waals surface area contributed by atoms with Crippen LogP contribution in [0, 0.1) is 0 Å². The first-order valence-electron chi connectivity index (χ1n) is 9.91. The zero-order valence-electron chi connectivity index (χ0n) is 16.9. The molecule has 0 aliphatic carbocycles. The number of carbonyl (C=O) groups is 1. The van der Waals surface area contributed by atoms with Gasteiger partial charge in [0.25, 0.3) is 11.5 Å². The maximum absolute atomic E-state index is 13.0. The van der Waals surface area contributed by atoms with Crippen molar-refractivity contribution in [3.8, 4) is 5.75 Å². The second-order valence-electron chi connectivity index (χ2n) is 7.08. The average Bonchev–Trinajstić information content (AvgIpc) is 2.81. The van der Waals surface area contributed by atoms with Crippen molar-refractivity contribution in [2.75, 3.05) is 13.2 Å². The molecule has 1 N–H and O–H groups in total. The zero-order chi connectivity index (χ0) is 22.5. The van der Waals surface area contributed by atoms with Crippen LogP contribution in [-0.2, 0) is 6.42 Å². The van der Waals surface area contributed by atoms with Crippen molar-refractivity contribution in [1.29, 1.82) is 0 Å². The maximum atomic E-state index is 13.0. The van der Waals surface area contributed by atoms with Gasteiger partial charge in [-0.25, -0.2) is 4.98 Å². The molecule has 0 spiro atoms. The van der Waals surface area contributed by atoms with Crippen LogP contribution in [0.1, 0.15) is 21.5 Å². The number of rotatable bonds is 7. The van der Waals surface area contributed by atoms with Gasteiger partial charge in [0.05, 0.1) is 22.2 Å². The third-order valence-corrected chi connectivity index (χ3v) is 5.55. The van der Waals surface area contributed by atoms with Crippen LogP contribution in [0.5, 0.6) is 5.75 Å². The van der Waals surface area contributed by atoms with Gasteiger partial charge in [0.15, 0.2) is 0 Å². The number of amides is 1. The fourth-order valence-electron chi connectivity index (χ4n) is 3.19. The molecule has 0 atom stereocenters. The Kier molecular flexibility index (Phi) is 6.73. The Balaban J connectivity index is 1.47. The van der Waals surface area contributed by atoms with Crippen molar-refractivity contribution >= 4 is 34.8 Å². The topological polar surface area (TPSA) is 72.7 Å². The third kappa shape index (κ3) is 5.10. The summed E-state index contributed by atoms with van der Waals surface area (Å²) in [6, 6.07) is 17.9.